The molecule has 0 bridgehead atoms. The van der Waals surface area contributed by atoms with E-state index in [9.17, 15) is 0 Å². The quantitative estimate of drug-likeness (QED) is 0.0946. The van der Waals surface area contributed by atoms with E-state index < -0.39 is 8.07 Å². The Balaban J connectivity index is 1.43. The number of benzene rings is 9. The number of rotatable bonds is 10. The zero-order chi connectivity index (χ0) is 48.8. The summed E-state index contributed by atoms with van der Waals surface area (Å²) in [5.41, 5.74) is 18.3. The Kier molecular flexibility index (Phi) is 13.7. The van der Waals surface area contributed by atoms with Crippen molar-refractivity contribution >= 4 is 93.2 Å². The Hall–Kier alpha value is -5.58. The predicted molar refractivity (Wildman–Crippen MR) is 307 cm³/mol. The van der Waals surface area contributed by atoms with Crippen LogP contribution in [0.5, 0.6) is 0 Å². The Bertz CT molecular complexity index is 2930. The SMILES string of the molecule is CC1=C(C)C([Si](c2cc(-c3ccc(Cl)cc3)cc(-c3ccc(Cl)cc3)c2)(c2cc(-c3ccc(Cl)cc3)cc(-c3ccc(Cl)cc3)c2)c2cc(-c3ccc(Cl)cc3)cc(-c3ccc(Cl)cc3)c2)C(C)=C1C. The van der Waals surface area contributed by atoms with E-state index in [0.29, 0.717) is 30.1 Å². The van der Waals surface area contributed by atoms with Crippen LogP contribution in [-0.4, -0.2) is 8.07 Å². The van der Waals surface area contributed by atoms with Crippen molar-refractivity contribution in [2.24, 2.45) is 0 Å². The highest BCUT2D eigenvalue weighted by Crippen LogP contribution is 2.48. The van der Waals surface area contributed by atoms with Crippen LogP contribution in [-0.2, 0) is 0 Å². The minimum atomic E-state index is -3.52. The first-order valence-electron chi connectivity index (χ1n) is 23.1. The molecule has 10 rings (SSSR count). The zero-order valence-corrected chi connectivity index (χ0v) is 44.4. The Labute approximate surface area is 442 Å². The third-order valence-corrected chi connectivity index (χ3v) is 21.1. The minimum absolute atomic E-state index is 0.0110. The lowest BCUT2D eigenvalue weighted by molar-refractivity contribution is 1.09. The summed E-state index contributed by atoms with van der Waals surface area (Å²) in [6, 6.07) is 70.8. The van der Waals surface area contributed by atoms with Gasteiger partial charge in [-0.2, -0.15) is 0 Å². The third kappa shape index (κ3) is 9.38. The highest BCUT2D eigenvalue weighted by Gasteiger charge is 2.51. The normalized spacial score (nSPS) is 13.1. The molecule has 0 aromatic heterocycles. The lowest BCUT2D eigenvalue weighted by atomic mass is 9.98. The number of hydrogen-bond acceptors (Lipinski definition) is 0. The van der Waals surface area contributed by atoms with Gasteiger partial charge in [0.25, 0.3) is 0 Å². The van der Waals surface area contributed by atoms with Crippen molar-refractivity contribution in [1.82, 2.24) is 0 Å². The number of allylic oxidation sites excluding steroid dienone is 4. The Morgan fingerprint density at radius 1 is 0.243 bits per heavy atom. The topological polar surface area (TPSA) is 0 Å². The van der Waals surface area contributed by atoms with E-state index in [2.05, 4.69) is 155 Å². The van der Waals surface area contributed by atoms with Gasteiger partial charge in [0.1, 0.15) is 0 Å². The summed E-state index contributed by atoms with van der Waals surface area (Å²) in [6.07, 6.45) is 0. The molecular weight excluding hydrogens is 997 g/mol. The van der Waals surface area contributed by atoms with Crippen LogP contribution in [0.25, 0.3) is 66.8 Å². The van der Waals surface area contributed by atoms with Gasteiger partial charge in [-0.3, -0.25) is 0 Å². The molecule has 0 atom stereocenters. The molecule has 9 aromatic carbocycles. The van der Waals surface area contributed by atoms with E-state index in [1.807, 2.05) is 72.8 Å². The maximum Gasteiger partial charge on any atom is 0.159 e. The highest BCUT2D eigenvalue weighted by atomic mass is 35.5. The van der Waals surface area contributed by atoms with Crippen molar-refractivity contribution in [3.8, 4) is 66.8 Å². The van der Waals surface area contributed by atoms with Gasteiger partial charge < -0.3 is 0 Å². The predicted octanol–water partition coefficient (Wildman–Crippen LogP) is 19.1. The van der Waals surface area contributed by atoms with E-state index in [1.165, 1.54) is 37.9 Å². The largest absolute Gasteiger partial charge is 0.159 e. The molecule has 0 saturated heterocycles. The Morgan fingerprint density at radius 2 is 0.414 bits per heavy atom. The molecule has 0 spiro atoms. The van der Waals surface area contributed by atoms with Gasteiger partial charge in [0, 0.05) is 35.7 Å². The Morgan fingerprint density at radius 3 is 0.586 bits per heavy atom. The van der Waals surface area contributed by atoms with Crippen LogP contribution < -0.4 is 15.6 Å². The second kappa shape index (κ2) is 19.9. The summed E-state index contributed by atoms with van der Waals surface area (Å²) < 4.78 is 0. The summed E-state index contributed by atoms with van der Waals surface area (Å²) >= 11 is 39.6. The molecule has 1 aliphatic rings. The molecule has 0 nitrogen and oxygen atoms in total. The van der Waals surface area contributed by atoms with E-state index >= 15 is 0 Å². The molecule has 7 heteroatoms. The van der Waals surface area contributed by atoms with Crippen LogP contribution >= 0.6 is 69.6 Å². The fraction of sp³-hybridized carbons (Fsp3) is 0.0794. The molecule has 70 heavy (non-hydrogen) atoms. The van der Waals surface area contributed by atoms with Gasteiger partial charge in [-0.1, -0.05) is 190 Å². The maximum atomic E-state index is 6.60. The van der Waals surface area contributed by atoms with Crippen molar-refractivity contribution in [2.45, 2.75) is 33.2 Å². The average molecular weight is 1040 g/mol. The zero-order valence-electron chi connectivity index (χ0n) is 38.9. The fourth-order valence-electron chi connectivity index (χ4n) is 10.4. The van der Waals surface area contributed by atoms with E-state index in [0.717, 1.165) is 66.8 Å². The van der Waals surface area contributed by atoms with Gasteiger partial charge in [-0.15, -0.1) is 0 Å². The minimum Gasteiger partial charge on any atom is -0.0843 e. The van der Waals surface area contributed by atoms with Crippen LogP contribution in [0.1, 0.15) is 27.7 Å². The van der Waals surface area contributed by atoms with Crippen molar-refractivity contribution in [3.63, 3.8) is 0 Å². The van der Waals surface area contributed by atoms with Gasteiger partial charge in [0.15, 0.2) is 8.07 Å². The first kappa shape index (κ1) is 48.1. The van der Waals surface area contributed by atoms with Crippen molar-refractivity contribution in [2.75, 3.05) is 0 Å². The van der Waals surface area contributed by atoms with Gasteiger partial charge in [0.2, 0.25) is 0 Å². The van der Waals surface area contributed by atoms with Gasteiger partial charge in [0.05, 0.1) is 0 Å². The molecule has 0 fully saturated rings. The molecule has 0 amide bonds. The fourth-order valence-corrected chi connectivity index (χ4v) is 17.2. The smallest absolute Gasteiger partial charge is 0.0843 e. The van der Waals surface area contributed by atoms with E-state index in [-0.39, 0.29) is 5.54 Å². The maximum absolute atomic E-state index is 6.60. The van der Waals surface area contributed by atoms with Crippen molar-refractivity contribution in [3.05, 3.63) is 253 Å². The lowest BCUT2D eigenvalue weighted by Crippen LogP contribution is -2.70. The molecule has 0 N–H and O–H groups in total. The van der Waals surface area contributed by atoms with E-state index in [1.54, 1.807) is 0 Å². The van der Waals surface area contributed by atoms with Crippen molar-refractivity contribution in [1.29, 1.82) is 0 Å². The average Bonchev–Trinajstić information content (AvgIpc) is 3.56. The number of halogens is 6. The summed E-state index contributed by atoms with van der Waals surface area (Å²) in [6.45, 7) is 9.31. The van der Waals surface area contributed by atoms with Crippen LogP contribution in [0, 0.1) is 0 Å². The summed E-state index contributed by atoms with van der Waals surface area (Å²) in [4.78, 5) is 0. The van der Waals surface area contributed by atoms with Crippen molar-refractivity contribution < 1.29 is 0 Å². The van der Waals surface area contributed by atoms with Gasteiger partial charge >= 0.3 is 0 Å². The molecule has 0 unspecified atom stereocenters. The second-order valence-corrected chi connectivity index (χ2v) is 24.8. The van der Waals surface area contributed by atoms with Gasteiger partial charge in [-0.25, -0.2) is 0 Å². The first-order chi connectivity index (χ1) is 33.7. The molecular formula is C63H46Cl6Si. The van der Waals surface area contributed by atoms with Crippen LogP contribution in [0.4, 0.5) is 0 Å². The summed E-state index contributed by atoms with van der Waals surface area (Å²) in [7, 11) is -3.52. The highest BCUT2D eigenvalue weighted by molar-refractivity contribution is 7.13. The van der Waals surface area contributed by atoms with Gasteiger partial charge in [-0.05, 0) is 212 Å². The van der Waals surface area contributed by atoms with Crippen LogP contribution in [0.3, 0.4) is 0 Å². The van der Waals surface area contributed by atoms with Crippen LogP contribution in [0.15, 0.2) is 222 Å². The molecule has 9 aromatic rings. The molecule has 0 heterocycles. The number of hydrogen-bond donors (Lipinski definition) is 0. The molecule has 0 aliphatic heterocycles. The molecule has 344 valence electrons. The standard InChI is InChI=1S/C63H46Cl6Si/c1-38-39(2)41(4)63(40(38)3)70(60-32-48(42-5-17-54(64)18-6-42)29-49(33-60)43-7-19-55(65)20-8-43,61-34-50(44-9-21-56(66)22-10-44)30-51(35-61)45-11-23-57(67)24-12-45)62-36-52(46-13-25-58(68)26-14-46)31-53(37-62)47-15-27-59(69)28-16-47/h5-37,63H,1-4H3. The molecule has 0 saturated carbocycles. The molecule has 1 aliphatic carbocycles. The lowest BCUT2D eigenvalue weighted by Gasteiger charge is -2.42. The van der Waals surface area contributed by atoms with Crippen LogP contribution in [0.2, 0.25) is 35.7 Å². The second-order valence-electron chi connectivity index (χ2n) is 18.3. The third-order valence-electron chi connectivity index (χ3n) is 14.3. The monoisotopic (exact) mass is 1040 g/mol. The summed E-state index contributed by atoms with van der Waals surface area (Å²) in [5, 5.41) is 7.85. The summed E-state index contributed by atoms with van der Waals surface area (Å²) in [5.74, 6) is 0. The van der Waals surface area contributed by atoms with E-state index in [4.69, 9.17) is 69.6 Å². The molecule has 0 radical (unpaired) electrons. The first-order valence-corrected chi connectivity index (χ1v) is 27.5.